The van der Waals surface area contributed by atoms with Crippen LogP contribution in [0.15, 0.2) is 23.1 Å². The van der Waals surface area contributed by atoms with Crippen molar-refractivity contribution in [3.63, 3.8) is 0 Å². The average Bonchev–Trinajstić information content (AvgIpc) is 2.73. The van der Waals surface area contributed by atoms with Crippen molar-refractivity contribution in [2.75, 3.05) is 13.1 Å². The molecule has 1 fully saturated rings. The van der Waals surface area contributed by atoms with Crippen LogP contribution in [0.3, 0.4) is 0 Å². The van der Waals surface area contributed by atoms with Crippen molar-refractivity contribution < 1.29 is 14.4 Å². The summed E-state index contributed by atoms with van der Waals surface area (Å²) in [6, 6.07) is 4.77. The zero-order chi connectivity index (χ0) is 14.2. The van der Waals surface area contributed by atoms with Crippen LogP contribution in [-0.4, -0.2) is 43.5 Å². The Morgan fingerprint density at radius 3 is 2.68 bits per heavy atom. The monoisotopic (exact) mass is 323 g/mol. The first-order valence-electron chi connectivity index (χ1n) is 5.86. The highest BCUT2D eigenvalue weighted by Crippen LogP contribution is 2.31. The van der Waals surface area contributed by atoms with Gasteiger partial charge in [-0.1, -0.05) is 23.2 Å². The Morgan fingerprint density at radius 1 is 1.47 bits per heavy atom. The van der Waals surface area contributed by atoms with Crippen molar-refractivity contribution >= 4 is 34.2 Å². The fourth-order valence-electron chi connectivity index (χ4n) is 2.02. The highest BCUT2D eigenvalue weighted by molar-refractivity contribution is 7.82. The Hall–Kier alpha value is -0.170. The summed E-state index contributed by atoms with van der Waals surface area (Å²) in [5, 5.41) is 20.5. The minimum absolute atomic E-state index is 0.149. The fraction of sp³-hybridized carbons (Fsp3) is 0.500. The predicted octanol–water partition coefficient (Wildman–Crippen LogP) is 1.83. The Kier molecular flexibility index (Phi) is 4.55. The van der Waals surface area contributed by atoms with Crippen molar-refractivity contribution in [1.29, 1.82) is 0 Å². The summed E-state index contributed by atoms with van der Waals surface area (Å²) in [4.78, 5) is 0.459. The molecule has 1 saturated heterocycles. The van der Waals surface area contributed by atoms with Gasteiger partial charge in [-0.15, -0.1) is 0 Å². The Bertz CT molecular complexity index is 512. The molecule has 1 heterocycles. The number of hydrogen-bond acceptors (Lipinski definition) is 3. The van der Waals surface area contributed by atoms with Crippen LogP contribution in [0.5, 0.6) is 0 Å². The van der Waals surface area contributed by atoms with Crippen molar-refractivity contribution in [3.05, 3.63) is 28.2 Å². The van der Waals surface area contributed by atoms with E-state index in [-0.39, 0.29) is 6.54 Å². The number of aliphatic hydroxyl groups is 2. The first kappa shape index (κ1) is 15.2. The highest BCUT2D eigenvalue weighted by atomic mass is 35.5. The maximum atomic E-state index is 12.4. The van der Waals surface area contributed by atoms with Crippen molar-refractivity contribution in [2.24, 2.45) is 0 Å². The van der Waals surface area contributed by atoms with E-state index < -0.39 is 22.7 Å². The molecule has 3 atom stereocenters. The van der Waals surface area contributed by atoms with E-state index in [1.807, 2.05) is 0 Å². The fourth-order valence-corrected chi connectivity index (χ4v) is 3.91. The van der Waals surface area contributed by atoms with Crippen LogP contribution in [0.2, 0.25) is 10.0 Å². The Morgan fingerprint density at radius 2 is 2.16 bits per heavy atom. The molecule has 2 rings (SSSR count). The second kappa shape index (κ2) is 5.68. The number of halogens is 2. The van der Waals surface area contributed by atoms with E-state index in [1.54, 1.807) is 16.4 Å². The summed E-state index contributed by atoms with van der Waals surface area (Å²) in [5.74, 6) is 0. The van der Waals surface area contributed by atoms with E-state index in [0.717, 1.165) is 0 Å². The van der Waals surface area contributed by atoms with Gasteiger partial charge in [0.25, 0.3) is 0 Å². The number of aliphatic hydroxyl groups excluding tert-OH is 1. The van der Waals surface area contributed by atoms with Gasteiger partial charge in [-0.3, -0.25) is 0 Å². The third-order valence-electron chi connectivity index (χ3n) is 3.34. The molecule has 106 valence electrons. The molecule has 1 aliphatic rings. The predicted molar refractivity (Wildman–Crippen MR) is 75.7 cm³/mol. The van der Waals surface area contributed by atoms with Crippen LogP contribution >= 0.6 is 23.2 Å². The van der Waals surface area contributed by atoms with Gasteiger partial charge in [0.2, 0.25) is 0 Å². The van der Waals surface area contributed by atoms with E-state index in [1.165, 1.54) is 13.0 Å². The third-order valence-corrected chi connectivity index (χ3v) is 5.51. The molecule has 0 radical (unpaired) electrons. The smallest absolute Gasteiger partial charge is 0.129 e. The van der Waals surface area contributed by atoms with Gasteiger partial charge < -0.3 is 10.2 Å². The molecule has 7 heteroatoms. The summed E-state index contributed by atoms with van der Waals surface area (Å²) in [6.45, 7) is 2.12. The van der Waals surface area contributed by atoms with Gasteiger partial charge in [-0.25, -0.2) is 8.51 Å². The summed E-state index contributed by atoms with van der Waals surface area (Å²) in [7, 11) is -1.47. The van der Waals surface area contributed by atoms with Gasteiger partial charge in [0.15, 0.2) is 0 Å². The molecule has 0 bridgehead atoms. The zero-order valence-corrected chi connectivity index (χ0v) is 12.7. The lowest BCUT2D eigenvalue weighted by atomic mass is 9.97. The second-order valence-electron chi connectivity index (χ2n) is 4.72. The molecule has 0 aliphatic carbocycles. The number of β-amino-alcohol motifs (C(OH)–C–C–N with tert-alkyl or cyclic N) is 1. The van der Waals surface area contributed by atoms with E-state index in [9.17, 15) is 14.4 Å². The Labute approximate surface area is 124 Å². The second-order valence-corrected chi connectivity index (χ2v) is 7.02. The SMILES string of the molecule is CC(O)C1(O)CCN(S(=O)c2ccc(Cl)cc2Cl)C1. The quantitative estimate of drug-likeness (QED) is 0.892. The molecule has 4 nitrogen and oxygen atoms in total. The largest absolute Gasteiger partial charge is 0.390 e. The van der Waals surface area contributed by atoms with E-state index in [2.05, 4.69) is 0 Å². The van der Waals surface area contributed by atoms with Crippen molar-refractivity contribution in [1.82, 2.24) is 4.31 Å². The van der Waals surface area contributed by atoms with Crippen LogP contribution in [0.4, 0.5) is 0 Å². The summed E-state index contributed by atoms with van der Waals surface area (Å²) in [5.41, 5.74) is -1.21. The van der Waals surface area contributed by atoms with E-state index in [0.29, 0.717) is 27.9 Å². The maximum Gasteiger partial charge on any atom is 0.129 e. The first-order chi connectivity index (χ1) is 8.83. The molecule has 0 aromatic heterocycles. The average molecular weight is 324 g/mol. The standard InChI is InChI=1S/C12H15Cl2NO3S/c1-8(16)12(17)4-5-15(7-12)19(18)11-3-2-9(13)6-10(11)14/h2-3,6,8,16-17H,4-5,7H2,1H3. The lowest BCUT2D eigenvalue weighted by Gasteiger charge is -2.25. The molecule has 1 aromatic rings. The third kappa shape index (κ3) is 3.12. The van der Waals surface area contributed by atoms with Crippen LogP contribution < -0.4 is 0 Å². The van der Waals surface area contributed by atoms with Gasteiger partial charge in [-0.2, -0.15) is 0 Å². The minimum Gasteiger partial charge on any atom is -0.390 e. The highest BCUT2D eigenvalue weighted by Gasteiger charge is 2.42. The molecule has 3 unspecified atom stereocenters. The van der Waals surface area contributed by atoms with Crippen LogP contribution in [0, 0.1) is 0 Å². The van der Waals surface area contributed by atoms with Crippen LogP contribution in [0.25, 0.3) is 0 Å². The van der Waals surface area contributed by atoms with Gasteiger partial charge in [-0.05, 0) is 31.5 Å². The lowest BCUT2D eigenvalue weighted by Crippen LogP contribution is -2.43. The molecule has 0 amide bonds. The summed E-state index contributed by atoms with van der Waals surface area (Å²) < 4.78 is 14.0. The molecular weight excluding hydrogens is 309 g/mol. The van der Waals surface area contributed by atoms with Gasteiger partial charge in [0, 0.05) is 18.1 Å². The summed E-state index contributed by atoms with van der Waals surface area (Å²) >= 11 is 11.8. The minimum atomic E-state index is -1.47. The molecule has 2 N–H and O–H groups in total. The van der Waals surface area contributed by atoms with E-state index >= 15 is 0 Å². The van der Waals surface area contributed by atoms with Crippen LogP contribution in [0.1, 0.15) is 13.3 Å². The zero-order valence-electron chi connectivity index (χ0n) is 10.3. The molecule has 19 heavy (non-hydrogen) atoms. The number of benzene rings is 1. The topological polar surface area (TPSA) is 60.8 Å². The number of hydrogen-bond donors (Lipinski definition) is 2. The molecular formula is C12H15Cl2NO3S. The number of rotatable bonds is 3. The van der Waals surface area contributed by atoms with E-state index in [4.69, 9.17) is 23.2 Å². The normalized spacial score (nSPS) is 27.4. The lowest BCUT2D eigenvalue weighted by molar-refractivity contribution is -0.0534. The van der Waals surface area contributed by atoms with Gasteiger partial charge in [0.1, 0.15) is 16.6 Å². The van der Waals surface area contributed by atoms with Crippen LogP contribution in [-0.2, 0) is 11.0 Å². The molecule has 0 spiro atoms. The molecule has 1 aromatic carbocycles. The summed E-state index contributed by atoms with van der Waals surface area (Å²) in [6.07, 6.45) is -0.489. The van der Waals surface area contributed by atoms with Crippen molar-refractivity contribution in [2.45, 2.75) is 29.9 Å². The van der Waals surface area contributed by atoms with Gasteiger partial charge in [0.05, 0.1) is 16.0 Å². The molecule has 1 aliphatic heterocycles. The maximum absolute atomic E-state index is 12.4. The first-order valence-corrected chi connectivity index (χ1v) is 7.72. The number of nitrogens with zero attached hydrogens (tertiary/aromatic N) is 1. The molecule has 0 saturated carbocycles. The Balaban J connectivity index is 2.18. The van der Waals surface area contributed by atoms with Crippen molar-refractivity contribution in [3.8, 4) is 0 Å². The van der Waals surface area contributed by atoms with Gasteiger partial charge >= 0.3 is 0 Å².